The van der Waals surface area contributed by atoms with Gasteiger partial charge in [0.1, 0.15) is 5.76 Å². The number of nitrogens with one attached hydrogen (secondary N) is 2. The minimum absolute atomic E-state index is 0. The highest BCUT2D eigenvalue weighted by molar-refractivity contribution is 14.0. The lowest BCUT2D eigenvalue weighted by Crippen LogP contribution is -2.36. The average Bonchev–Trinajstić information content (AvgIpc) is 3.03. The Morgan fingerprint density at radius 3 is 2.45 bits per heavy atom. The lowest BCUT2D eigenvalue weighted by molar-refractivity contribution is 0.438. The van der Waals surface area contributed by atoms with Crippen LogP contribution in [-0.4, -0.2) is 30.6 Å². The van der Waals surface area contributed by atoms with Crippen LogP contribution in [0.5, 0.6) is 0 Å². The number of piperidine rings is 1. The molecule has 0 spiro atoms. The predicted octanol–water partition coefficient (Wildman–Crippen LogP) is 4.40. The van der Waals surface area contributed by atoms with E-state index in [0.717, 1.165) is 43.0 Å². The summed E-state index contributed by atoms with van der Waals surface area (Å²) in [4.78, 5) is 11.6. The fraction of sp³-hybridized carbons (Fsp3) is 0.545. The van der Waals surface area contributed by atoms with E-state index in [0.29, 0.717) is 19.0 Å². The topological polar surface area (TPSA) is 65.7 Å². The van der Waals surface area contributed by atoms with Gasteiger partial charge in [-0.3, -0.25) is 0 Å². The monoisotopic (exact) mass is 511 g/mol. The Morgan fingerprint density at radius 1 is 1.17 bits per heavy atom. The van der Waals surface area contributed by atoms with Crippen LogP contribution in [0.3, 0.4) is 0 Å². The Labute approximate surface area is 191 Å². The Hall–Kier alpha value is -1.77. The van der Waals surface area contributed by atoms with E-state index in [4.69, 9.17) is 9.41 Å². The summed E-state index contributed by atoms with van der Waals surface area (Å²) in [5, 5.41) is 6.56. The third-order valence-corrected chi connectivity index (χ3v) is 5.33. The van der Waals surface area contributed by atoms with Crippen LogP contribution in [0.1, 0.15) is 49.6 Å². The van der Waals surface area contributed by atoms with Gasteiger partial charge in [-0.05, 0) is 57.2 Å². The first-order chi connectivity index (χ1) is 13.5. The molecule has 0 amide bonds. The minimum Gasteiger partial charge on any atom is -0.444 e. The molecule has 1 saturated heterocycles. The summed E-state index contributed by atoms with van der Waals surface area (Å²) in [5.74, 6) is 3.17. The lowest BCUT2D eigenvalue weighted by Gasteiger charge is -2.32. The second-order valence-electron chi connectivity index (χ2n) is 7.63. The molecular formula is C22H34IN5O. The highest BCUT2D eigenvalue weighted by Crippen LogP contribution is 2.23. The van der Waals surface area contributed by atoms with Crippen molar-refractivity contribution in [3.8, 4) is 0 Å². The van der Waals surface area contributed by atoms with Crippen LogP contribution in [-0.2, 0) is 13.1 Å². The van der Waals surface area contributed by atoms with E-state index in [-0.39, 0.29) is 24.0 Å². The van der Waals surface area contributed by atoms with Gasteiger partial charge in [-0.2, -0.15) is 0 Å². The molecule has 0 atom stereocenters. The third kappa shape index (κ3) is 6.90. The molecule has 0 saturated carbocycles. The van der Waals surface area contributed by atoms with Gasteiger partial charge in [-0.1, -0.05) is 19.1 Å². The predicted molar refractivity (Wildman–Crippen MR) is 130 cm³/mol. The highest BCUT2D eigenvalue weighted by Gasteiger charge is 2.15. The number of benzene rings is 1. The quantitative estimate of drug-likeness (QED) is 0.342. The Bertz CT molecular complexity index is 760. The van der Waals surface area contributed by atoms with Crippen LogP contribution in [0.25, 0.3) is 0 Å². The molecule has 0 aliphatic carbocycles. The first-order valence-electron chi connectivity index (χ1n) is 10.3. The van der Waals surface area contributed by atoms with Gasteiger partial charge in [-0.25, -0.2) is 9.98 Å². The Morgan fingerprint density at radius 2 is 1.86 bits per heavy atom. The van der Waals surface area contributed by atoms with Crippen LogP contribution in [0.4, 0.5) is 5.69 Å². The van der Waals surface area contributed by atoms with Gasteiger partial charge in [0.2, 0.25) is 5.89 Å². The van der Waals surface area contributed by atoms with Gasteiger partial charge in [0.05, 0.1) is 18.8 Å². The fourth-order valence-electron chi connectivity index (χ4n) is 3.37. The van der Waals surface area contributed by atoms with Gasteiger partial charge in [0.15, 0.2) is 5.96 Å². The average molecular weight is 511 g/mol. The second kappa shape index (κ2) is 11.4. The van der Waals surface area contributed by atoms with Gasteiger partial charge in [0.25, 0.3) is 0 Å². The van der Waals surface area contributed by atoms with Crippen molar-refractivity contribution in [3.05, 3.63) is 47.2 Å². The van der Waals surface area contributed by atoms with Crippen molar-refractivity contribution in [2.24, 2.45) is 10.9 Å². The van der Waals surface area contributed by atoms with Gasteiger partial charge in [-0.15, -0.1) is 24.0 Å². The molecule has 0 bridgehead atoms. The van der Waals surface area contributed by atoms with E-state index in [1.54, 1.807) is 0 Å². The zero-order valence-corrected chi connectivity index (χ0v) is 20.3. The number of nitrogens with zero attached hydrogens (tertiary/aromatic N) is 3. The molecule has 2 aromatic rings. The van der Waals surface area contributed by atoms with Gasteiger partial charge < -0.3 is 20.0 Å². The van der Waals surface area contributed by atoms with Crippen molar-refractivity contribution < 1.29 is 4.42 Å². The molecule has 160 valence electrons. The van der Waals surface area contributed by atoms with E-state index < -0.39 is 0 Å². The highest BCUT2D eigenvalue weighted by atomic mass is 127. The molecule has 29 heavy (non-hydrogen) atoms. The zero-order valence-electron chi connectivity index (χ0n) is 18.0. The summed E-state index contributed by atoms with van der Waals surface area (Å²) in [5.41, 5.74) is 3.45. The summed E-state index contributed by atoms with van der Waals surface area (Å²) in [7, 11) is 0. The van der Waals surface area contributed by atoms with Crippen LogP contribution in [0, 0.1) is 19.8 Å². The fourth-order valence-corrected chi connectivity index (χ4v) is 3.37. The van der Waals surface area contributed by atoms with Gasteiger partial charge >= 0.3 is 0 Å². The van der Waals surface area contributed by atoms with E-state index in [9.17, 15) is 0 Å². The molecule has 2 heterocycles. The maximum absolute atomic E-state index is 5.62. The molecule has 2 N–H and O–H groups in total. The van der Waals surface area contributed by atoms with E-state index >= 15 is 0 Å². The Kier molecular flexibility index (Phi) is 9.26. The summed E-state index contributed by atoms with van der Waals surface area (Å²) in [6.45, 7) is 12.6. The lowest BCUT2D eigenvalue weighted by atomic mass is 9.99. The molecule has 1 aliphatic rings. The molecule has 0 unspecified atom stereocenters. The Balaban J connectivity index is 0.00000300. The van der Waals surface area contributed by atoms with Crippen LogP contribution in [0.2, 0.25) is 0 Å². The second-order valence-corrected chi connectivity index (χ2v) is 7.63. The summed E-state index contributed by atoms with van der Waals surface area (Å²) in [6.07, 6.45) is 2.57. The van der Waals surface area contributed by atoms with E-state index in [1.165, 1.54) is 24.1 Å². The van der Waals surface area contributed by atoms with Crippen molar-refractivity contribution in [3.63, 3.8) is 0 Å². The number of aliphatic imine (C=N–C) groups is 1. The molecular weight excluding hydrogens is 477 g/mol. The van der Waals surface area contributed by atoms with Crippen molar-refractivity contribution in [2.75, 3.05) is 24.5 Å². The first-order valence-corrected chi connectivity index (χ1v) is 10.3. The van der Waals surface area contributed by atoms with E-state index in [1.807, 2.05) is 13.8 Å². The van der Waals surface area contributed by atoms with Crippen LogP contribution < -0.4 is 15.5 Å². The number of rotatable bonds is 6. The van der Waals surface area contributed by atoms with Crippen molar-refractivity contribution in [1.29, 1.82) is 0 Å². The third-order valence-electron chi connectivity index (χ3n) is 5.33. The maximum atomic E-state index is 5.62. The normalized spacial score (nSPS) is 15.2. The molecule has 3 rings (SSSR count). The number of anilines is 1. The van der Waals surface area contributed by atoms with Crippen molar-refractivity contribution in [2.45, 2.75) is 53.6 Å². The number of halogens is 1. The molecule has 6 nitrogen and oxygen atoms in total. The zero-order chi connectivity index (χ0) is 19.9. The van der Waals surface area contributed by atoms with Crippen LogP contribution in [0.15, 0.2) is 33.7 Å². The number of hydrogen-bond acceptors (Lipinski definition) is 4. The largest absolute Gasteiger partial charge is 0.444 e. The number of aryl methyl sites for hydroxylation is 2. The number of hydrogen-bond donors (Lipinski definition) is 2. The van der Waals surface area contributed by atoms with Crippen molar-refractivity contribution in [1.82, 2.24) is 15.6 Å². The van der Waals surface area contributed by atoms with Gasteiger partial charge in [0, 0.05) is 25.3 Å². The standard InChI is InChI=1S/C22H33N5O.HI/c1-5-23-22(25-15-21-26-17(3)18(4)28-21)24-14-19-6-8-20(9-7-19)27-12-10-16(2)11-13-27;/h6-9,16H,5,10-15H2,1-4H3,(H2,23,24,25);1H. The molecule has 1 fully saturated rings. The SMILES string of the molecule is CCNC(=NCc1ccc(N2CCC(C)CC2)cc1)NCc1nc(C)c(C)o1.I. The number of aromatic nitrogens is 1. The molecule has 7 heteroatoms. The van der Waals surface area contributed by atoms with Crippen LogP contribution >= 0.6 is 24.0 Å². The summed E-state index contributed by atoms with van der Waals surface area (Å²) >= 11 is 0. The maximum Gasteiger partial charge on any atom is 0.214 e. The van der Waals surface area contributed by atoms with Crippen molar-refractivity contribution >= 4 is 35.6 Å². The minimum atomic E-state index is 0. The molecule has 0 radical (unpaired) electrons. The summed E-state index contributed by atoms with van der Waals surface area (Å²) < 4.78 is 5.62. The molecule has 1 aromatic carbocycles. The van der Waals surface area contributed by atoms with E-state index in [2.05, 4.69) is 58.6 Å². The summed E-state index contributed by atoms with van der Waals surface area (Å²) in [6, 6.07) is 8.81. The molecule has 1 aromatic heterocycles. The molecule has 1 aliphatic heterocycles. The number of guanidine groups is 1. The first kappa shape index (κ1) is 23.5. The smallest absolute Gasteiger partial charge is 0.214 e. The number of oxazole rings is 1.